The SMILES string of the molecule is CC(C)Cc1ccc2cc3ccccc3cc2c1. The summed E-state index contributed by atoms with van der Waals surface area (Å²) in [6, 6.07) is 20.0. The molecule has 0 bridgehead atoms. The minimum absolute atomic E-state index is 0.711. The van der Waals surface area contributed by atoms with Gasteiger partial charge in [-0.2, -0.15) is 0 Å². The van der Waals surface area contributed by atoms with Gasteiger partial charge in [0, 0.05) is 0 Å². The third-order valence-corrected chi connectivity index (χ3v) is 3.41. The Morgan fingerprint density at radius 1 is 0.722 bits per heavy atom. The fourth-order valence-corrected chi connectivity index (χ4v) is 2.59. The van der Waals surface area contributed by atoms with E-state index in [-0.39, 0.29) is 0 Å². The van der Waals surface area contributed by atoms with Crippen LogP contribution in [-0.2, 0) is 6.42 Å². The lowest BCUT2D eigenvalue weighted by Gasteiger charge is -2.07. The van der Waals surface area contributed by atoms with Crippen LogP contribution in [0.15, 0.2) is 54.6 Å². The predicted molar refractivity (Wildman–Crippen MR) is 80.0 cm³/mol. The van der Waals surface area contributed by atoms with Crippen molar-refractivity contribution in [2.45, 2.75) is 20.3 Å². The Hall–Kier alpha value is -1.82. The van der Waals surface area contributed by atoms with Crippen molar-refractivity contribution < 1.29 is 0 Å². The number of benzene rings is 3. The largest absolute Gasteiger partial charge is 0.0625 e. The maximum Gasteiger partial charge on any atom is -0.0175 e. The molecule has 0 atom stereocenters. The van der Waals surface area contributed by atoms with E-state index in [1.54, 1.807) is 0 Å². The second-order valence-electron chi connectivity index (χ2n) is 5.48. The summed E-state index contributed by atoms with van der Waals surface area (Å²) in [6.45, 7) is 4.54. The Bertz CT molecular complexity index is 693. The van der Waals surface area contributed by atoms with Gasteiger partial charge < -0.3 is 0 Å². The summed E-state index contributed by atoms with van der Waals surface area (Å²) in [4.78, 5) is 0. The molecule has 3 aromatic carbocycles. The van der Waals surface area contributed by atoms with Gasteiger partial charge in [0.2, 0.25) is 0 Å². The van der Waals surface area contributed by atoms with Gasteiger partial charge in [-0.3, -0.25) is 0 Å². The van der Waals surface area contributed by atoms with E-state index in [0.29, 0.717) is 5.92 Å². The van der Waals surface area contributed by atoms with Crippen molar-refractivity contribution in [3.63, 3.8) is 0 Å². The zero-order valence-corrected chi connectivity index (χ0v) is 11.0. The van der Waals surface area contributed by atoms with Crippen molar-refractivity contribution in [2.24, 2.45) is 5.92 Å². The van der Waals surface area contributed by atoms with E-state index in [1.807, 2.05) is 0 Å². The molecule has 0 aromatic heterocycles. The molecule has 0 aliphatic carbocycles. The predicted octanol–water partition coefficient (Wildman–Crippen LogP) is 5.19. The first-order valence-corrected chi connectivity index (χ1v) is 6.64. The van der Waals surface area contributed by atoms with Crippen molar-refractivity contribution in [3.8, 4) is 0 Å². The Balaban J connectivity index is 2.18. The van der Waals surface area contributed by atoms with E-state index in [2.05, 4.69) is 68.4 Å². The fourth-order valence-electron chi connectivity index (χ4n) is 2.59. The van der Waals surface area contributed by atoms with E-state index < -0.39 is 0 Å². The lowest BCUT2D eigenvalue weighted by Crippen LogP contribution is -1.93. The van der Waals surface area contributed by atoms with Crippen molar-refractivity contribution >= 4 is 21.5 Å². The van der Waals surface area contributed by atoms with E-state index >= 15 is 0 Å². The fraction of sp³-hybridized carbons (Fsp3) is 0.222. The van der Waals surface area contributed by atoms with E-state index in [9.17, 15) is 0 Å². The Morgan fingerprint density at radius 2 is 1.33 bits per heavy atom. The molecule has 0 spiro atoms. The molecule has 3 aromatic rings. The van der Waals surface area contributed by atoms with Crippen LogP contribution in [0.5, 0.6) is 0 Å². The molecule has 0 nitrogen and oxygen atoms in total. The number of fused-ring (bicyclic) bond motifs is 2. The molecular formula is C18H18. The summed E-state index contributed by atoms with van der Waals surface area (Å²) in [6.07, 6.45) is 1.16. The first kappa shape index (κ1) is 11.3. The van der Waals surface area contributed by atoms with Crippen LogP contribution < -0.4 is 0 Å². The van der Waals surface area contributed by atoms with Gasteiger partial charge in [0.1, 0.15) is 0 Å². The number of hydrogen-bond acceptors (Lipinski definition) is 0. The quantitative estimate of drug-likeness (QED) is 0.535. The van der Waals surface area contributed by atoms with Crippen LogP contribution in [0.1, 0.15) is 19.4 Å². The molecule has 0 aliphatic rings. The molecule has 3 rings (SSSR count). The van der Waals surface area contributed by atoms with Gasteiger partial charge in [0.25, 0.3) is 0 Å². The van der Waals surface area contributed by atoms with E-state index in [1.165, 1.54) is 27.1 Å². The average Bonchev–Trinajstić information content (AvgIpc) is 2.35. The minimum atomic E-state index is 0.711. The summed E-state index contributed by atoms with van der Waals surface area (Å²) >= 11 is 0. The van der Waals surface area contributed by atoms with Crippen LogP contribution in [0.4, 0.5) is 0 Å². The zero-order chi connectivity index (χ0) is 12.5. The van der Waals surface area contributed by atoms with Crippen molar-refractivity contribution in [2.75, 3.05) is 0 Å². The van der Waals surface area contributed by atoms with Gasteiger partial charge >= 0.3 is 0 Å². The molecule has 0 heterocycles. The van der Waals surface area contributed by atoms with Gasteiger partial charge in [-0.15, -0.1) is 0 Å². The molecular weight excluding hydrogens is 216 g/mol. The average molecular weight is 234 g/mol. The van der Waals surface area contributed by atoms with Gasteiger partial charge in [0.15, 0.2) is 0 Å². The van der Waals surface area contributed by atoms with E-state index in [4.69, 9.17) is 0 Å². The smallest absolute Gasteiger partial charge is 0.0175 e. The molecule has 0 saturated carbocycles. The van der Waals surface area contributed by atoms with Gasteiger partial charge in [-0.05, 0) is 51.6 Å². The van der Waals surface area contributed by atoms with Crippen molar-refractivity contribution in [1.82, 2.24) is 0 Å². The normalized spacial score (nSPS) is 11.5. The Morgan fingerprint density at radius 3 is 2.00 bits per heavy atom. The van der Waals surface area contributed by atoms with Crippen molar-refractivity contribution in [1.29, 1.82) is 0 Å². The molecule has 90 valence electrons. The maximum atomic E-state index is 2.34. The lowest BCUT2D eigenvalue weighted by molar-refractivity contribution is 0.648. The lowest BCUT2D eigenvalue weighted by atomic mass is 9.98. The highest BCUT2D eigenvalue weighted by molar-refractivity contribution is 5.98. The third kappa shape index (κ3) is 2.11. The standard InChI is InChI=1S/C18H18/c1-13(2)9-14-7-8-17-11-15-5-3-4-6-16(15)12-18(17)10-14/h3-8,10-13H,9H2,1-2H3. The summed E-state index contributed by atoms with van der Waals surface area (Å²) in [5.74, 6) is 0.711. The van der Waals surface area contributed by atoms with Crippen LogP contribution in [0, 0.1) is 5.92 Å². The molecule has 0 heteroatoms. The molecule has 0 radical (unpaired) electrons. The molecule has 0 unspecified atom stereocenters. The highest BCUT2D eigenvalue weighted by Crippen LogP contribution is 2.24. The van der Waals surface area contributed by atoms with Gasteiger partial charge in [-0.1, -0.05) is 56.3 Å². The second kappa shape index (κ2) is 4.45. The Kier molecular flexibility index (Phi) is 2.79. The summed E-state index contributed by atoms with van der Waals surface area (Å²) in [5.41, 5.74) is 1.44. The second-order valence-corrected chi connectivity index (χ2v) is 5.48. The summed E-state index contributed by atoms with van der Waals surface area (Å²) in [7, 11) is 0. The van der Waals surface area contributed by atoms with Crippen LogP contribution >= 0.6 is 0 Å². The van der Waals surface area contributed by atoms with Crippen LogP contribution in [0.25, 0.3) is 21.5 Å². The molecule has 0 fully saturated rings. The van der Waals surface area contributed by atoms with Crippen molar-refractivity contribution in [3.05, 3.63) is 60.2 Å². The molecule has 0 aliphatic heterocycles. The molecule has 18 heavy (non-hydrogen) atoms. The number of hydrogen-bond donors (Lipinski definition) is 0. The first-order valence-electron chi connectivity index (χ1n) is 6.64. The molecule has 0 amide bonds. The third-order valence-electron chi connectivity index (χ3n) is 3.41. The first-order chi connectivity index (χ1) is 8.72. The van der Waals surface area contributed by atoms with Gasteiger partial charge in [-0.25, -0.2) is 0 Å². The summed E-state index contributed by atoms with van der Waals surface area (Å²) < 4.78 is 0. The van der Waals surface area contributed by atoms with E-state index in [0.717, 1.165) is 6.42 Å². The van der Waals surface area contributed by atoms with Crippen LogP contribution in [0.3, 0.4) is 0 Å². The van der Waals surface area contributed by atoms with Crippen LogP contribution in [0.2, 0.25) is 0 Å². The molecule has 0 N–H and O–H groups in total. The Labute approximate surface area is 108 Å². The number of rotatable bonds is 2. The monoisotopic (exact) mass is 234 g/mol. The molecule has 0 saturated heterocycles. The highest BCUT2D eigenvalue weighted by Gasteiger charge is 2.01. The maximum absolute atomic E-state index is 2.34. The topological polar surface area (TPSA) is 0 Å². The van der Waals surface area contributed by atoms with Crippen LogP contribution in [-0.4, -0.2) is 0 Å². The minimum Gasteiger partial charge on any atom is -0.0625 e. The zero-order valence-electron chi connectivity index (χ0n) is 11.0. The highest BCUT2D eigenvalue weighted by atomic mass is 14.1. The summed E-state index contributed by atoms with van der Waals surface area (Å²) in [5, 5.41) is 5.33. The van der Waals surface area contributed by atoms with Gasteiger partial charge in [0.05, 0.1) is 0 Å².